The van der Waals surface area contributed by atoms with E-state index in [1.165, 1.54) is 6.42 Å². The first kappa shape index (κ1) is 12.7. The average Bonchev–Trinajstić information content (AvgIpc) is 2.34. The number of amides is 2. The average molecular weight is 248 g/mol. The zero-order chi connectivity index (χ0) is 13.0. The van der Waals surface area contributed by atoms with Crippen molar-refractivity contribution < 1.29 is 9.53 Å². The highest BCUT2D eigenvalue weighted by atomic mass is 16.5. The van der Waals surface area contributed by atoms with Crippen molar-refractivity contribution in [3.05, 3.63) is 29.8 Å². The van der Waals surface area contributed by atoms with E-state index >= 15 is 0 Å². The van der Waals surface area contributed by atoms with E-state index in [-0.39, 0.29) is 6.03 Å². The van der Waals surface area contributed by atoms with Gasteiger partial charge in [0.25, 0.3) is 0 Å². The maximum atomic E-state index is 11.9. The highest BCUT2D eigenvalue weighted by Gasteiger charge is 2.20. The minimum absolute atomic E-state index is 0.00974. The lowest BCUT2D eigenvalue weighted by atomic mass is 9.93. The normalized spacial score (nSPS) is 14.8. The zero-order valence-corrected chi connectivity index (χ0v) is 11.0. The molecule has 0 saturated heterocycles. The molecule has 0 unspecified atom stereocenters. The van der Waals surface area contributed by atoms with Crippen LogP contribution in [0.25, 0.3) is 0 Å². The smallest absolute Gasteiger partial charge is 0.317 e. The summed E-state index contributed by atoms with van der Waals surface area (Å²) in [6.45, 7) is 0.614. The number of ether oxygens (including phenoxy) is 1. The maximum absolute atomic E-state index is 11.9. The molecule has 18 heavy (non-hydrogen) atoms. The van der Waals surface area contributed by atoms with Crippen LogP contribution >= 0.6 is 0 Å². The van der Waals surface area contributed by atoms with Gasteiger partial charge in [0, 0.05) is 19.6 Å². The summed E-state index contributed by atoms with van der Waals surface area (Å²) >= 11 is 0. The van der Waals surface area contributed by atoms with Gasteiger partial charge < -0.3 is 15.0 Å². The minimum atomic E-state index is 0.00974. The number of carbonyl (C=O) groups is 1. The molecular weight excluding hydrogens is 228 g/mol. The SMILES string of the molecule is COc1ccc(CN(C)C(=O)NC2CCC2)cc1. The molecule has 0 bridgehead atoms. The van der Waals surface area contributed by atoms with E-state index in [9.17, 15) is 4.79 Å². The Labute approximate surface area is 108 Å². The van der Waals surface area contributed by atoms with E-state index < -0.39 is 0 Å². The third-order valence-electron chi connectivity index (χ3n) is 3.36. The quantitative estimate of drug-likeness (QED) is 0.889. The Morgan fingerprint density at radius 3 is 2.56 bits per heavy atom. The summed E-state index contributed by atoms with van der Waals surface area (Å²) in [6, 6.07) is 8.17. The molecule has 0 radical (unpaired) electrons. The van der Waals surface area contributed by atoms with Crippen LogP contribution in [0.15, 0.2) is 24.3 Å². The lowest BCUT2D eigenvalue weighted by molar-refractivity contribution is 0.195. The van der Waals surface area contributed by atoms with Gasteiger partial charge in [0.1, 0.15) is 5.75 Å². The monoisotopic (exact) mass is 248 g/mol. The van der Waals surface area contributed by atoms with E-state index in [0.717, 1.165) is 24.2 Å². The van der Waals surface area contributed by atoms with E-state index in [0.29, 0.717) is 12.6 Å². The molecule has 1 aliphatic rings. The topological polar surface area (TPSA) is 41.6 Å². The van der Waals surface area contributed by atoms with Crippen LogP contribution < -0.4 is 10.1 Å². The first-order chi connectivity index (χ1) is 8.69. The van der Waals surface area contributed by atoms with Crippen molar-refractivity contribution in [1.82, 2.24) is 10.2 Å². The van der Waals surface area contributed by atoms with Gasteiger partial charge in [0.15, 0.2) is 0 Å². The summed E-state index contributed by atoms with van der Waals surface area (Å²) in [4.78, 5) is 13.6. The third-order valence-corrected chi connectivity index (χ3v) is 3.36. The van der Waals surface area contributed by atoms with Crippen molar-refractivity contribution >= 4 is 6.03 Å². The predicted molar refractivity (Wildman–Crippen MR) is 70.6 cm³/mol. The summed E-state index contributed by atoms with van der Waals surface area (Å²) < 4.78 is 5.10. The van der Waals surface area contributed by atoms with E-state index in [4.69, 9.17) is 4.74 Å². The van der Waals surface area contributed by atoms with E-state index in [1.807, 2.05) is 31.3 Å². The fraction of sp³-hybridized carbons (Fsp3) is 0.500. The first-order valence-electron chi connectivity index (χ1n) is 6.33. The van der Waals surface area contributed by atoms with Crippen LogP contribution in [0.5, 0.6) is 5.75 Å². The number of hydrogen-bond acceptors (Lipinski definition) is 2. The van der Waals surface area contributed by atoms with Gasteiger partial charge in [-0.3, -0.25) is 0 Å². The molecular formula is C14H20N2O2. The molecule has 1 aromatic carbocycles. The third kappa shape index (κ3) is 3.15. The summed E-state index contributed by atoms with van der Waals surface area (Å²) in [5, 5.41) is 3.02. The number of hydrogen-bond donors (Lipinski definition) is 1. The second-order valence-corrected chi connectivity index (χ2v) is 4.78. The van der Waals surface area contributed by atoms with Gasteiger partial charge in [-0.1, -0.05) is 12.1 Å². The number of methoxy groups -OCH3 is 1. The fourth-order valence-electron chi connectivity index (χ4n) is 1.91. The zero-order valence-electron chi connectivity index (χ0n) is 11.0. The molecule has 1 fully saturated rings. The highest BCUT2D eigenvalue weighted by Crippen LogP contribution is 2.18. The van der Waals surface area contributed by atoms with Crippen LogP contribution in [-0.2, 0) is 6.54 Å². The molecule has 0 aromatic heterocycles. The Morgan fingerprint density at radius 2 is 2.06 bits per heavy atom. The van der Waals surface area contributed by atoms with Crippen molar-refractivity contribution in [2.45, 2.75) is 31.8 Å². The minimum Gasteiger partial charge on any atom is -0.497 e. The molecule has 4 heteroatoms. The molecule has 2 amide bonds. The molecule has 2 rings (SSSR count). The molecule has 0 aliphatic heterocycles. The lowest BCUT2D eigenvalue weighted by Gasteiger charge is -2.29. The molecule has 0 spiro atoms. The summed E-state index contributed by atoms with van der Waals surface area (Å²) in [7, 11) is 3.46. The molecule has 0 atom stereocenters. The Balaban J connectivity index is 1.84. The molecule has 98 valence electrons. The number of urea groups is 1. The van der Waals surface area contributed by atoms with Crippen LogP contribution in [0, 0.1) is 0 Å². The Morgan fingerprint density at radius 1 is 1.39 bits per heavy atom. The molecule has 1 N–H and O–H groups in total. The van der Waals surface area contributed by atoms with Crippen molar-refractivity contribution in [3.8, 4) is 5.75 Å². The molecule has 0 heterocycles. The summed E-state index contributed by atoms with van der Waals surface area (Å²) in [5.41, 5.74) is 1.10. The molecule has 1 aromatic rings. The number of nitrogens with zero attached hydrogens (tertiary/aromatic N) is 1. The van der Waals surface area contributed by atoms with E-state index in [2.05, 4.69) is 5.32 Å². The van der Waals surface area contributed by atoms with Crippen LogP contribution in [0.3, 0.4) is 0 Å². The standard InChI is InChI=1S/C14H20N2O2/c1-16(14(17)15-12-4-3-5-12)10-11-6-8-13(18-2)9-7-11/h6-9,12H,3-5,10H2,1-2H3,(H,15,17). The Kier molecular flexibility index (Phi) is 4.07. The van der Waals surface area contributed by atoms with Gasteiger partial charge in [-0.25, -0.2) is 4.79 Å². The van der Waals surface area contributed by atoms with Gasteiger partial charge in [-0.2, -0.15) is 0 Å². The highest BCUT2D eigenvalue weighted by molar-refractivity contribution is 5.74. The van der Waals surface area contributed by atoms with Gasteiger partial charge in [-0.05, 0) is 37.0 Å². The van der Waals surface area contributed by atoms with Gasteiger partial charge >= 0.3 is 6.03 Å². The first-order valence-corrected chi connectivity index (χ1v) is 6.33. The number of carbonyl (C=O) groups excluding carboxylic acids is 1. The second-order valence-electron chi connectivity index (χ2n) is 4.78. The van der Waals surface area contributed by atoms with Crippen molar-refractivity contribution in [2.24, 2.45) is 0 Å². The van der Waals surface area contributed by atoms with Crippen LogP contribution in [-0.4, -0.2) is 31.1 Å². The second kappa shape index (κ2) is 5.76. The molecule has 1 saturated carbocycles. The van der Waals surface area contributed by atoms with Gasteiger partial charge in [0.2, 0.25) is 0 Å². The number of benzene rings is 1. The number of nitrogens with one attached hydrogen (secondary N) is 1. The van der Waals surface area contributed by atoms with Crippen molar-refractivity contribution in [1.29, 1.82) is 0 Å². The predicted octanol–water partition coefficient (Wildman–Crippen LogP) is 2.39. The van der Waals surface area contributed by atoms with Crippen molar-refractivity contribution in [3.63, 3.8) is 0 Å². The van der Waals surface area contributed by atoms with E-state index in [1.54, 1.807) is 12.0 Å². The maximum Gasteiger partial charge on any atom is 0.317 e. The Hall–Kier alpha value is -1.71. The summed E-state index contributed by atoms with van der Waals surface area (Å²) in [6.07, 6.45) is 3.46. The Bertz CT molecular complexity index is 399. The van der Waals surface area contributed by atoms with Crippen LogP contribution in [0.2, 0.25) is 0 Å². The summed E-state index contributed by atoms with van der Waals surface area (Å²) in [5.74, 6) is 0.834. The van der Waals surface area contributed by atoms with Crippen molar-refractivity contribution in [2.75, 3.05) is 14.2 Å². The number of rotatable bonds is 4. The van der Waals surface area contributed by atoms with Crippen LogP contribution in [0.1, 0.15) is 24.8 Å². The van der Waals surface area contributed by atoms with Gasteiger partial charge in [0.05, 0.1) is 7.11 Å². The van der Waals surface area contributed by atoms with Gasteiger partial charge in [-0.15, -0.1) is 0 Å². The molecule has 1 aliphatic carbocycles. The molecule has 4 nitrogen and oxygen atoms in total. The van der Waals surface area contributed by atoms with Crippen LogP contribution in [0.4, 0.5) is 4.79 Å². The lowest BCUT2D eigenvalue weighted by Crippen LogP contribution is -2.45. The fourth-order valence-corrected chi connectivity index (χ4v) is 1.91. The largest absolute Gasteiger partial charge is 0.497 e.